The number of anilines is 3. The molecule has 1 aliphatic rings. The van der Waals surface area contributed by atoms with E-state index in [-0.39, 0.29) is 31.5 Å². The third-order valence-corrected chi connectivity index (χ3v) is 5.10. The molecule has 1 heterocycles. The van der Waals surface area contributed by atoms with Crippen LogP contribution in [0.4, 0.5) is 17.1 Å². The van der Waals surface area contributed by atoms with Crippen molar-refractivity contribution < 1.29 is 23.1 Å². The topological polar surface area (TPSA) is 120 Å². The predicted octanol–water partition coefficient (Wildman–Crippen LogP) is 1.51. The van der Waals surface area contributed by atoms with Gasteiger partial charge in [0.15, 0.2) is 0 Å². The zero-order chi connectivity index (χ0) is 21.6. The minimum Gasteiger partial charge on any atom is -0.489 e. The van der Waals surface area contributed by atoms with Gasteiger partial charge in [-0.2, -0.15) is 0 Å². The summed E-state index contributed by atoms with van der Waals surface area (Å²) in [6.45, 7) is 3.53. The second kappa shape index (κ2) is 11.2. The molecule has 2 aromatic rings. The smallest absolute Gasteiger partial charge is 0.255 e. The van der Waals surface area contributed by atoms with E-state index in [2.05, 4.69) is 20.3 Å². The van der Waals surface area contributed by atoms with Crippen molar-refractivity contribution in [3.63, 3.8) is 0 Å². The minimum atomic E-state index is -3.47. The highest BCUT2D eigenvalue weighted by atomic mass is 35.5. The molecule has 0 radical (unpaired) electrons. The molecule has 4 N–H and O–H groups in total. The molecule has 0 unspecified atom stereocenters. The first-order valence-electron chi connectivity index (χ1n) is 9.58. The molecule has 0 saturated carbocycles. The maximum Gasteiger partial charge on any atom is 0.255 e. The number of nitrogens with one attached hydrogen (secondary N) is 3. The SMILES string of the molecule is CS(=O)(=O)Nc1ccc(OCCO)c(NC(=O)c2ccc(N3CCNCC3)cc2)c1.Cl. The maximum atomic E-state index is 12.7. The number of aliphatic hydroxyl groups excluding tert-OH is 1. The third-order valence-electron chi connectivity index (χ3n) is 4.49. The first-order chi connectivity index (χ1) is 14.4. The number of sulfonamides is 1. The molecule has 0 atom stereocenters. The van der Waals surface area contributed by atoms with Gasteiger partial charge in [0.25, 0.3) is 5.91 Å². The second-order valence-electron chi connectivity index (χ2n) is 6.90. The van der Waals surface area contributed by atoms with Crippen molar-refractivity contribution in [2.45, 2.75) is 0 Å². The fourth-order valence-corrected chi connectivity index (χ4v) is 3.68. The molecular weight excluding hydrogens is 444 g/mol. The molecule has 9 nitrogen and oxygen atoms in total. The largest absolute Gasteiger partial charge is 0.489 e. The van der Waals surface area contributed by atoms with Gasteiger partial charge in [-0.1, -0.05) is 0 Å². The van der Waals surface area contributed by atoms with Crippen molar-refractivity contribution in [2.75, 3.05) is 60.6 Å². The first-order valence-corrected chi connectivity index (χ1v) is 11.5. The van der Waals surface area contributed by atoms with Crippen molar-refractivity contribution >= 4 is 45.4 Å². The number of rotatable bonds is 8. The Bertz CT molecular complexity index is 980. The van der Waals surface area contributed by atoms with Crippen molar-refractivity contribution in [2.24, 2.45) is 0 Å². The molecule has 0 bridgehead atoms. The molecule has 1 amide bonds. The molecule has 0 spiro atoms. The van der Waals surface area contributed by atoms with E-state index >= 15 is 0 Å². The average Bonchev–Trinajstić information content (AvgIpc) is 2.73. The van der Waals surface area contributed by atoms with Crippen LogP contribution in [0, 0.1) is 0 Å². The maximum absolute atomic E-state index is 12.7. The van der Waals surface area contributed by atoms with Crippen LogP contribution in [0.15, 0.2) is 42.5 Å². The fourth-order valence-electron chi connectivity index (χ4n) is 3.13. The van der Waals surface area contributed by atoms with Gasteiger partial charge in [0.1, 0.15) is 12.4 Å². The van der Waals surface area contributed by atoms with Crippen LogP contribution in [0.2, 0.25) is 0 Å². The third kappa shape index (κ3) is 7.28. The van der Waals surface area contributed by atoms with Gasteiger partial charge in [0.2, 0.25) is 10.0 Å². The summed E-state index contributed by atoms with van der Waals surface area (Å²) in [4.78, 5) is 15.0. The standard InChI is InChI=1S/C20H26N4O5S.ClH/c1-30(27,28)23-16-4-7-19(29-13-12-25)18(14-16)22-20(26)15-2-5-17(6-3-15)24-10-8-21-9-11-24;/h2-7,14,21,23,25H,8-13H2,1H3,(H,22,26);1H. The molecule has 0 aliphatic carbocycles. The van der Waals surface area contributed by atoms with Crippen molar-refractivity contribution in [3.8, 4) is 5.75 Å². The molecule has 31 heavy (non-hydrogen) atoms. The second-order valence-corrected chi connectivity index (χ2v) is 8.64. The Hall–Kier alpha value is -2.53. The quantitative estimate of drug-likeness (QED) is 0.461. The van der Waals surface area contributed by atoms with Crippen LogP contribution in [-0.4, -0.2) is 65.1 Å². The molecule has 1 aliphatic heterocycles. The number of halogens is 1. The Morgan fingerprint density at radius 1 is 1.16 bits per heavy atom. The highest BCUT2D eigenvalue weighted by Gasteiger charge is 2.14. The molecule has 1 fully saturated rings. The van der Waals surface area contributed by atoms with Gasteiger partial charge in [0, 0.05) is 37.4 Å². The Kier molecular flexibility index (Phi) is 8.93. The zero-order valence-corrected chi connectivity index (χ0v) is 18.8. The Balaban J connectivity index is 0.00000341. The molecule has 0 aromatic heterocycles. The lowest BCUT2D eigenvalue weighted by Crippen LogP contribution is -2.43. The number of nitrogens with zero attached hydrogens (tertiary/aromatic N) is 1. The van der Waals surface area contributed by atoms with Gasteiger partial charge < -0.3 is 25.4 Å². The van der Waals surface area contributed by atoms with Crippen LogP contribution in [0.25, 0.3) is 0 Å². The Morgan fingerprint density at radius 2 is 1.84 bits per heavy atom. The summed E-state index contributed by atoms with van der Waals surface area (Å²) in [5.74, 6) is -0.0268. The number of piperazine rings is 1. The van der Waals surface area contributed by atoms with Crippen LogP contribution >= 0.6 is 12.4 Å². The summed E-state index contributed by atoms with van der Waals surface area (Å²) in [5.41, 5.74) is 2.11. The summed E-state index contributed by atoms with van der Waals surface area (Å²) >= 11 is 0. The summed E-state index contributed by atoms with van der Waals surface area (Å²) in [6, 6.07) is 11.8. The molecular formula is C20H27ClN4O5S. The number of benzene rings is 2. The van der Waals surface area contributed by atoms with Gasteiger partial charge in [-0.25, -0.2) is 8.42 Å². The van der Waals surface area contributed by atoms with Crippen molar-refractivity contribution in [3.05, 3.63) is 48.0 Å². The number of aliphatic hydroxyl groups is 1. The van der Waals surface area contributed by atoms with Crippen molar-refractivity contribution in [1.82, 2.24) is 5.32 Å². The number of hydrogen-bond donors (Lipinski definition) is 4. The Labute approximate surface area is 188 Å². The highest BCUT2D eigenvalue weighted by Crippen LogP contribution is 2.29. The monoisotopic (exact) mass is 470 g/mol. The van der Waals surface area contributed by atoms with Gasteiger partial charge in [-0.15, -0.1) is 12.4 Å². The van der Waals surface area contributed by atoms with Gasteiger partial charge >= 0.3 is 0 Å². The van der Waals surface area contributed by atoms with E-state index in [0.29, 0.717) is 22.7 Å². The summed E-state index contributed by atoms with van der Waals surface area (Å²) in [6.07, 6.45) is 1.04. The molecule has 11 heteroatoms. The summed E-state index contributed by atoms with van der Waals surface area (Å²) in [5, 5.41) is 15.1. The van der Waals surface area contributed by atoms with Crippen LogP contribution < -0.4 is 25.0 Å². The lowest BCUT2D eigenvalue weighted by molar-refractivity contribution is 0.102. The lowest BCUT2D eigenvalue weighted by atomic mass is 10.1. The molecule has 2 aromatic carbocycles. The van der Waals surface area contributed by atoms with Crippen molar-refractivity contribution in [1.29, 1.82) is 0 Å². The van der Waals surface area contributed by atoms with Gasteiger partial charge in [-0.3, -0.25) is 9.52 Å². The van der Waals surface area contributed by atoms with Crippen LogP contribution in [0.3, 0.4) is 0 Å². The number of carbonyl (C=O) groups excluding carboxylic acids is 1. The molecule has 170 valence electrons. The summed E-state index contributed by atoms with van der Waals surface area (Å²) < 4.78 is 30.8. The zero-order valence-electron chi connectivity index (χ0n) is 17.1. The van der Waals surface area contributed by atoms with E-state index in [1.165, 1.54) is 18.2 Å². The van der Waals surface area contributed by atoms with E-state index in [0.717, 1.165) is 38.1 Å². The fraction of sp³-hybridized carbons (Fsp3) is 0.350. The van der Waals surface area contributed by atoms with Gasteiger partial charge in [-0.05, 0) is 42.5 Å². The number of ether oxygens (including phenoxy) is 1. The minimum absolute atomic E-state index is 0. The first kappa shape index (κ1) is 24.7. The van der Waals surface area contributed by atoms with Crippen LogP contribution in [0.1, 0.15) is 10.4 Å². The summed E-state index contributed by atoms with van der Waals surface area (Å²) in [7, 11) is -3.47. The molecule has 1 saturated heterocycles. The van der Waals surface area contributed by atoms with Crippen LogP contribution in [-0.2, 0) is 10.0 Å². The van der Waals surface area contributed by atoms with Gasteiger partial charge in [0.05, 0.1) is 24.2 Å². The van der Waals surface area contributed by atoms with E-state index in [4.69, 9.17) is 9.84 Å². The van der Waals surface area contributed by atoms with E-state index < -0.39 is 10.0 Å². The van der Waals surface area contributed by atoms with Crippen LogP contribution in [0.5, 0.6) is 5.75 Å². The lowest BCUT2D eigenvalue weighted by Gasteiger charge is -2.29. The average molecular weight is 471 g/mol. The predicted molar refractivity (Wildman–Crippen MR) is 124 cm³/mol. The van der Waals surface area contributed by atoms with E-state index in [9.17, 15) is 13.2 Å². The highest BCUT2D eigenvalue weighted by molar-refractivity contribution is 7.92. The normalized spacial score (nSPS) is 13.8. The Morgan fingerprint density at radius 3 is 2.45 bits per heavy atom. The molecule has 3 rings (SSSR count). The number of hydrogen-bond acceptors (Lipinski definition) is 7. The number of amides is 1. The number of carbonyl (C=O) groups is 1. The van der Waals surface area contributed by atoms with E-state index in [1.54, 1.807) is 12.1 Å². The van der Waals surface area contributed by atoms with E-state index in [1.807, 2.05) is 12.1 Å².